The van der Waals surface area contributed by atoms with Crippen LogP contribution < -0.4 is 0 Å². The van der Waals surface area contributed by atoms with Crippen LogP contribution in [0.5, 0.6) is 0 Å². The molecule has 3 heteroatoms. The van der Waals surface area contributed by atoms with Crippen LogP contribution in [0.1, 0.15) is 25.5 Å². The quantitative estimate of drug-likeness (QED) is 0.777. The molecule has 0 spiro atoms. The fourth-order valence-corrected chi connectivity index (χ4v) is 2.25. The van der Waals surface area contributed by atoms with Crippen molar-refractivity contribution in [2.75, 3.05) is 19.7 Å². The molecule has 0 unspecified atom stereocenters. The summed E-state index contributed by atoms with van der Waals surface area (Å²) in [5.74, 6) is 0. The zero-order valence-electron chi connectivity index (χ0n) is 9.93. The first-order valence-electron chi connectivity index (χ1n) is 6.12. The van der Waals surface area contributed by atoms with Gasteiger partial charge in [-0.2, -0.15) is 0 Å². The van der Waals surface area contributed by atoms with Crippen LogP contribution in [0, 0.1) is 0 Å². The summed E-state index contributed by atoms with van der Waals surface area (Å²) in [6.45, 7) is 6.05. The van der Waals surface area contributed by atoms with Gasteiger partial charge >= 0.3 is 0 Å². The van der Waals surface area contributed by atoms with Crippen molar-refractivity contribution in [3.8, 4) is 0 Å². The topological polar surface area (TPSA) is 25.4 Å². The highest BCUT2D eigenvalue weighted by Gasteiger charge is 2.19. The van der Waals surface area contributed by atoms with Crippen LogP contribution in [0.25, 0.3) is 0 Å². The minimum Gasteiger partial charge on any atom is -0.377 e. The Bertz CT molecular complexity index is 300. The van der Waals surface area contributed by atoms with E-state index < -0.39 is 0 Å². The molecule has 0 saturated carbocycles. The molecule has 0 N–H and O–H groups in total. The van der Waals surface area contributed by atoms with Gasteiger partial charge in [-0.05, 0) is 38.4 Å². The molecular formula is C13H20N2O. The molecule has 1 saturated heterocycles. The third kappa shape index (κ3) is 3.29. The number of pyridine rings is 1. The van der Waals surface area contributed by atoms with Gasteiger partial charge in [0.1, 0.15) is 0 Å². The van der Waals surface area contributed by atoms with Crippen LogP contribution in [0.15, 0.2) is 24.4 Å². The highest BCUT2D eigenvalue weighted by atomic mass is 16.5. The van der Waals surface area contributed by atoms with Crippen molar-refractivity contribution >= 4 is 0 Å². The van der Waals surface area contributed by atoms with E-state index in [1.807, 2.05) is 18.3 Å². The van der Waals surface area contributed by atoms with Crippen molar-refractivity contribution < 1.29 is 4.74 Å². The molecule has 1 aromatic heterocycles. The van der Waals surface area contributed by atoms with Crippen LogP contribution in [0.4, 0.5) is 0 Å². The van der Waals surface area contributed by atoms with Gasteiger partial charge in [0, 0.05) is 25.9 Å². The lowest BCUT2D eigenvalue weighted by Gasteiger charge is -2.32. The molecule has 1 aliphatic heterocycles. The van der Waals surface area contributed by atoms with E-state index in [0.717, 1.165) is 25.4 Å². The molecule has 0 aliphatic carbocycles. The van der Waals surface area contributed by atoms with Gasteiger partial charge in [-0.25, -0.2) is 0 Å². The van der Waals surface area contributed by atoms with E-state index in [2.05, 4.69) is 22.9 Å². The van der Waals surface area contributed by atoms with Crippen molar-refractivity contribution in [1.29, 1.82) is 0 Å². The standard InChI is InChI=1S/C13H20N2O/c1-2-16-13-7-5-9-15(11-13)10-12-6-3-4-8-14-12/h3-4,6,8,13H,2,5,7,9-11H2,1H3/t13-/m1/s1. The summed E-state index contributed by atoms with van der Waals surface area (Å²) in [7, 11) is 0. The highest BCUT2D eigenvalue weighted by Crippen LogP contribution is 2.15. The second-order valence-electron chi connectivity index (χ2n) is 4.28. The van der Waals surface area contributed by atoms with E-state index in [4.69, 9.17) is 4.74 Å². The van der Waals surface area contributed by atoms with Gasteiger partial charge in [0.2, 0.25) is 0 Å². The van der Waals surface area contributed by atoms with E-state index in [9.17, 15) is 0 Å². The fourth-order valence-electron chi connectivity index (χ4n) is 2.25. The molecule has 1 fully saturated rings. The van der Waals surface area contributed by atoms with Gasteiger partial charge in [0.05, 0.1) is 11.8 Å². The van der Waals surface area contributed by atoms with Crippen LogP contribution in [0.2, 0.25) is 0 Å². The predicted molar refractivity (Wildman–Crippen MR) is 64.2 cm³/mol. The average molecular weight is 220 g/mol. The number of nitrogens with zero attached hydrogens (tertiary/aromatic N) is 2. The van der Waals surface area contributed by atoms with Gasteiger partial charge in [-0.3, -0.25) is 9.88 Å². The van der Waals surface area contributed by atoms with E-state index in [1.54, 1.807) is 0 Å². The lowest BCUT2D eigenvalue weighted by atomic mass is 10.1. The minimum atomic E-state index is 0.419. The van der Waals surface area contributed by atoms with Crippen molar-refractivity contribution in [2.45, 2.75) is 32.4 Å². The molecule has 0 aromatic carbocycles. The third-order valence-electron chi connectivity index (χ3n) is 2.98. The van der Waals surface area contributed by atoms with E-state index >= 15 is 0 Å². The highest BCUT2D eigenvalue weighted by molar-refractivity contribution is 5.03. The average Bonchev–Trinajstić information content (AvgIpc) is 2.31. The monoisotopic (exact) mass is 220 g/mol. The summed E-state index contributed by atoms with van der Waals surface area (Å²) < 4.78 is 5.69. The number of hydrogen-bond donors (Lipinski definition) is 0. The van der Waals surface area contributed by atoms with Gasteiger partial charge in [0.15, 0.2) is 0 Å². The second kappa shape index (κ2) is 5.97. The van der Waals surface area contributed by atoms with Crippen molar-refractivity contribution in [3.63, 3.8) is 0 Å². The van der Waals surface area contributed by atoms with Crippen molar-refractivity contribution in [3.05, 3.63) is 30.1 Å². The first-order chi connectivity index (χ1) is 7.88. The lowest BCUT2D eigenvalue weighted by molar-refractivity contribution is 0.00332. The van der Waals surface area contributed by atoms with Gasteiger partial charge < -0.3 is 4.74 Å². The Balaban J connectivity index is 1.85. The summed E-state index contributed by atoms with van der Waals surface area (Å²) in [4.78, 5) is 6.80. The van der Waals surface area contributed by atoms with Crippen LogP contribution in [0.3, 0.4) is 0 Å². The first-order valence-corrected chi connectivity index (χ1v) is 6.12. The third-order valence-corrected chi connectivity index (χ3v) is 2.98. The molecule has 0 bridgehead atoms. The zero-order valence-corrected chi connectivity index (χ0v) is 9.93. The number of rotatable bonds is 4. The van der Waals surface area contributed by atoms with E-state index in [-0.39, 0.29) is 0 Å². The number of likely N-dealkylation sites (tertiary alicyclic amines) is 1. The maximum Gasteiger partial charge on any atom is 0.0702 e. The molecule has 2 rings (SSSR count). The Kier molecular flexibility index (Phi) is 4.31. The number of ether oxygens (including phenoxy) is 1. The molecule has 0 radical (unpaired) electrons. The fraction of sp³-hybridized carbons (Fsp3) is 0.615. The largest absolute Gasteiger partial charge is 0.377 e. The number of piperidine rings is 1. The molecule has 1 aromatic rings. The Labute approximate surface area is 97.4 Å². The smallest absolute Gasteiger partial charge is 0.0702 e. The Morgan fingerprint density at radius 1 is 1.50 bits per heavy atom. The molecule has 3 nitrogen and oxygen atoms in total. The normalized spacial score (nSPS) is 22.2. The van der Waals surface area contributed by atoms with Crippen LogP contribution >= 0.6 is 0 Å². The van der Waals surface area contributed by atoms with Crippen LogP contribution in [-0.4, -0.2) is 35.7 Å². The number of hydrogen-bond acceptors (Lipinski definition) is 3. The van der Waals surface area contributed by atoms with Gasteiger partial charge in [-0.15, -0.1) is 0 Å². The van der Waals surface area contributed by atoms with E-state index in [0.29, 0.717) is 6.10 Å². The molecule has 0 amide bonds. The Hall–Kier alpha value is -0.930. The zero-order chi connectivity index (χ0) is 11.2. The molecule has 1 aliphatic rings. The molecule has 2 heterocycles. The summed E-state index contributed by atoms with van der Waals surface area (Å²) in [5, 5.41) is 0. The van der Waals surface area contributed by atoms with Gasteiger partial charge in [0.25, 0.3) is 0 Å². The predicted octanol–water partition coefficient (Wildman–Crippen LogP) is 2.08. The lowest BCUT2D eigenvalue weighted by Crippen LogP contribution is -2.39. The summed E-state index contributed by atoms with van der Waals surface area (Å²) in [6.07, 6.45) is 4.71. The maximum absolute atomic E-state index is 5.69. The van der Waals surface area contributed by atoms with Gasteiger partial charge in [-0.1, -0.05) is 6.07 Å². The SMILES string of the molecule is CCO[C@@H]1CCCN(Cc2ccccn2)C1. The molecule has 1 atom stereocenters. The molecular weight excluding hydrogens is 200 g/mol. The first kappa shape index (κ1) is 11.6. The Morgan fingerprint density at radius 3 is 3.19 bits per heavy atom. The summed E-state index contributed by atoms with van der Waals surface area (Å²) in [6, 6.07) is 6.10. The second-order valence-corrected chi connectivity index (χ2v) is 4.28. The van der Waals surface area contributed by atoms with E-state index in [1.165, 1.54) is 19.4 Å². The maximum atomic E-state index is 5.69. The minimum absolute atomic E-state index is 0.419. The Morgan fingerprint density at radius 2 is 2.44 bits per heavy atom. The van der Waals surface area contributed by atoms with Crippen molar-refractivity contribution in [2.24, 2.45) is 0 Å². The molecule has 88 valence electrons. The van der Waals surface area contributed by atoms with Crippen LogP contribution in [-0.2, 0) is 11.3 Å². The van der Waals surface area contributed by atoms with Crippen molar-refractivity contribution in [1.82, 2.24) is 9.88 Å². The number of aromatic nitrogens is 1. The summed E-state index contributed by atoms with van der Waals surface area (Å²) in [5.41, 5.74) is 1.15. The molecule has 16 heavy (non-hydrogen) atoms. The summed E-state index contributed by atoms with van der Waals surface area (Å²) >= 11 is 0.